The molecule has 0 aliphatic heterocycles. The van der Waals surface area contributed by atoms with E-state index < -0.39 is 24.6 Å². The SMILES string of the molecule is CCCCOC(=O)COC(=O)C(N)Cc1c[nH]c2ccc(O)cc12. The number of aromatic nitrogens is 1. The number of benzene rings is 1. The summed E-state index contributed by atoms with van der Waals surface area (Å²) >= 11 is 0. The van der Waals surface area contributed by atoms with Crippen LogP contribution in [0.2, 0.25) is 0 Å². The fourth-order valence-electron chi connectivity index (χ4n) is 2.26. The van der Waals surface area contributed by atoms with E-state index in [2.05, 4.69) is 4.98 Å². The van der Waals surface area contributed by atoms with Gasteiger partial charge < -0.3 is 25.3 Å². The number of aromatic amines is 1. The Kier molecular flexibility index (Phi) is 6.20. The first-order chi connectivity index (χ1) is 11.5. The molecule has 0 saturated heterocycles. The van der Waals surface area contributed by atoms with Gasteiger partial charge in [0.2, 0.25) is 0 Å². The lowest BCUT2D eigenvalue weighted by molar-refractivity contribution is -0.159. The predicted octanol–water partition coefficient (Wildman–Crippen LogP) is 1.63. The van der Waals surface area contributed by atoms with Crippen molar-refractivity contribution in [1.82, 2.24) is 4.98 Å². The molecule has 0 bridgehead atoms. The zero-order valence-corrected chi connectivity index (χ0v) is 13.6. The molecule has 24 heavy (non-hydrogen) atoms. The summed E-state index contributed by atoms with van der Waals surface area (Å²) in [5.74, 6) is -1.12. The quantitative estimate of drug-likeness (QED) is 0.499. The molecule has 0 saturated carbocycles. The molecular weight excluding hydrogens is 312 g/mol. The Morgan fingerprint density at radius 1 is 1.33 bits per heavy atom. The maximum atomic E-state index is 11.9. The molecule has 0 radical (unpaired) electrons. The van der Waals surface area contributed by atoms with Gasteiger partial charge in [-0.3, -0.25) is 4.79 Å². The molecule has 1 atom stereocenters. The number of nitrogens with two attached hydrogens (primary N) is 1. The number of carbonyl (C=O) groups excluding carboxylic acids is 2. The Hall–Kier alpha value is -2.54. The molecule has 2 rings (SSSR count). The Balaban J connectivity index is 1.87. The van der Waals surface area contributed by atoms with Crippen LogP contribution in [0.1, 0.15) is 25.3 Å². The number of esters is 2. The number of hydrogen-bond donors (Lipinski definition) is 3. The number of ether oxygens (including phenoxy) is 2. The third kappa shape index (κ3) is 4.73. The molecule has 1 aromatic heterocycles. The molecule has 7 nitrogen and oxygen atoms in total. The van der Waals surface area contributed by atoms with Crippen molar-refractivity contribution >= 4 is 22.8 Å². The van der Waals surface area contributed by atoms with E-state index in [0.29, 0.717) is 6.61 Å². The van der Waals surface area contributed by atoms with Crippen molar-refractivity contribution in [3.05, 3.63) is 30.0 Å². The minimum absolute atomic E-state index is 0.134. The van der Waals surface area contributed by atoms with E-state index in [1.54, 1.807) is 24.4 Å². The van der Waals surface area contributed by atoms with Crippen LogP contribution in [0, 0.1) is 0 Å². The third-order valence-corrected chi connectivity index (χ3v) is 3.59. The molecule has 7 heteroatoms. The van der Waals surface area contributed by atoms with Gasteiger partial charge in [0.15, 0.2) is 6.61 Å². The number of H-pyrrole nitrogens is 1. The van der Waals surface area contributed by atoms with E-state index in [4.69, 9.17) is 15.2 Å². The van der Waals surface area contributed by atoms with E-state index in [0.717, 1.165) is 29.3 Å². The molecule has 1 aromatic carbocycles. The van der Waals surface area contributed by atoms with Crippen molar-refractivity contribution in [1.29, 1.82) is 0 Å². The lowest BCUT2D eigenvalue weighted by Gasteiger charge is -2.11. The number of fused-ring (bicyclic) bond motifs is 1. The van der Waals surface area contributed by atoms with Crippen molar-refractivity contribution in [3.63, 3.8) is 0 Å². The van der Waals surface area contributed by atoms with Gasteiger partial charge in [-0.2, -0.15) is 0 Å². The predicted molar refractivity (Wildman–Crippen MR) is 88.5 cm³/mol. The molecule has 4 N–H and O–H groups in total. The second-order valence-electron chi connectivity index (χ2n) is 5.54. The summed E-state index contributed by atoms with van der Waals surface area (Å²) in [6.07, 6.45) is 3.65. The van der Waals surface area contributed by atoms with Gasteiger partial charge in [-0.25, -0.2) is 4.79 Å². The van der Waals surface area contributed by atoms with Gasteiger partial charge in [-0.1, -0.05) is 13.3 Å². The highest BCUT2D eigenvalue weighted by Gasteiger charge is 2.19. The molecule has 2 aromatic rings. The maximum Gasteiger partial charge on any atom is 0.344 e. The number of nitrogens with one attached hydrogen (secondary N) is 1. The van der Waals surface area contributed by atoms with E-state index >= 15 is 0 Å². The van der Waals surface area contributed by atoms with Gasteiger partial charge >= 0.3 is 11.9 Å². The van der Waals surface area contributed by atoms with Crippen molar-refractivity contribution in [3.8, 4) is 5.75 Å². The van der Waals surface area contributed by atoms with Gasteiger partial charge in [0.05, 0.1) is 6.61 Å². The molecule has 0 spiro atoms. The zero-order valence-electron chi connectivity index (χ0n) is 13.6. The Bertz CT molecular complexity index is 710. The minimum Gasteiger partial charge on any atom is -0.508 e. The van der Waals surface area contributed by atoms with Crippen LogP contribution >= 0.6 is 0 Å². The smallest absolute Gasteiger partial charge is 0.344 e. The second kappa shape index (κ2) is 8.35. The number of phenolic OH excluding ortho intramolecular Hbond substituents is 1. The van der Waals surface area contributed by atoms with Crippen LogP contribution in [0.5, 0.6) is 5.75 Å². The topological polar surface area (TPSA) is 115 Å². The molecule has 1 unspecified atom stereocenters. The molecule has 0 aliphatic carbocycles. The number of carbonyl (C=O) groups is 2. The van der Waals surface area contributed by atoms with Gasteiger partial charge in [0.1, 0.15) is 11.8 Å². The Labute approximate surface area is 139 Å². The standard InChI is InChI=1S/C17H22N2O5/c1-2-3-6-23-16(21)10-24-17(22)14(18)7-11-9-19-15-5-4-12(20)8-13(11)15/h4-5,8-9,14,19-20H,2-3,6-7,10,18H2,1H3. The fraction of sp³-hybridized carbons (Fsp3) is 0.412. The Morgan fingerprint density at radius 3 is 2.88 bits per heavy atom. The molecule has 0 fully saturated rings. The highest BCUT2D eigenvalue weighted by atomic mass is 16.6. The van der Waals surface area contributed by atoms with Gasteiger partial charge in [0, 0.05) is 23.5 Å². The van der Waals surface area contributed by atoms with Crippen LogP contribution in [0.3, 0.4) is 0 Å². The second-order valence-corrected chi connectivity index (χ2v) is 5.54. The van der Waals surface area contributed by atoms with Crippen LogP contribution < -0.4 is 5.73 Å². The van der Waals surface area contributed by atoms with Gasteiger partial charge in [-0.15, -0.1) is 0 Å². The van der Waals surface area contributed by atoms with E-state index in [1.807, 2.05) is 6.92 Å². The van der Waals surface area contributed by atoms with E-state index in [9.17, 15) is 14.7 Å². The highest BCUT2D eigenvalue weighted by molar-refractivity contribution is 5.86. The molecule has 0 aliphatic rings. The van der Waals surface area contributed by atoms with E-state index in [1.165, 1.54) is 0 Å². The lowest BCUT2D eigenvalue weighted by Crippen LogP contribution is -2.35. The molecule has 130 valence electrons. The van der Waals surface area contributed by atoms with Crippen LogP contribution in [-0.2, 0) is 25.5 Å². The van der Waals surface area contributed by atoms with E-state index in [-0.39, 0.29) is 12.2 Å². The maximum absolute atomic E-state index is 11.9. The number of phenols is 1. The normalized spacial score (nSPS) is 12.1. The third-order valence-electron chi connectivity index (χ3n) is 3.59. The van der Waals surface area contributed by atoms with Crippen molar-refractivity contribution in [2.24, 2.45) is 5.73 Å². The van der Waals surface area contributed by atoms with Crippen molar-refractivity contribution < 1.29 is 24.2 Å². The first-order valence-corrected chi connectivity index (χ1v) is 7.88. The van der Waals surface area contributed by atoms with Crippen molar-refractivity contribution in [2.75, 3.05) is 13.2 Å². The first kappa shape index (κ1) is 17.8. The molecule has 0 amide bonds. The summed E-state index contributed by atoms with van der Waals surface area (Å²) in [6, 6.07) is 4.00. The van der Waals surface area contributed by atoms with Crippen LogP contribution in [0.15, 0.2) is 24.4 Å². The fourth-order valence-corrected chi connectivity index (χ4v) is 2.26. The summed E-state index contributed by atoms with van der Waals surface area (Å²) in [6.45, 7) is 1.86. The first-order valence-electron chi connectivity index (χ1n) is 7.88. The summed E-state index contributed by atoms with van der Waals surface area (Å²) < 4.78 is 9.78. The summed E-state index contributed by atoms with van der Waals surface area (Å²) in [4.78, 5) is 26.3. The zero-order chi connectivity index (χ0) is 17.5. The van der Waals surface area contributed by atoms with Crippen LogP contribution in [0.4, 0.5) is 0 Å². The number of unbranched alkanes of at least 4 members (excludes halogenated alkanes) is 1. The molecule has 1 heterocycles. The van der Waals surface area contributed by atoms with Crippen LogP contribution in [-0.4, -0.2) is 41.3 Å². The largest absolute Gasteiger partial charge is 0.508 e. The average molecular weight is 334 g/mol. The molecular formula is C17H22N2O5. The summed E-state index contributed by atoms with van der Waals surface area (Å²) in [5, 5.41) is 10.4. The number of rotatable bonds is 8. The van der Waals surface area contributed by atoms with Crippen molar-refractivity contribution in [2.45, 2.75) is 32.2 Å². The number of aromatic hydroxyl groups is 1. The van der Waals surface area contributed by atoms with Crippen LogP contribution in [0.25, 0.3) is 10.9 Å². The highest BCUT2D eigenvalue weighted by Crippen LogP contribution is 2.23. The average Bonchev–Trinajstić information content (AvgIpc) is 2.95. The number of hydrogen-bond acceptors (Lipinski definition) is 6. The minimum atomic E-state index is -0.908. The monoisotopic (exact) mass is 334 g/mol. The summed E-state index contributed by atoms with van der Waals surface area (Å²) in [7, 11) is 0. The van der Waals surface area contributed by atoms with Gasteiger partial charge in [0.25, 0.3) is 0 Å². The van der Waals surface area contributed by atoms with Gasteiger partial charge in [-0.05, 0) is 30.2 Å². The Morgan fingerprint density at radius 2 is 2.12 bits per heavy atom. The summed E-state index contributed by atoms with van der Waals surface area (Å²) in [5.41, 5.74) is 7.47. The lowest BCUT2D eigenvalue weighted by atomic mass is 10.1.